The van der Waals surface area contributed by atoms with Crippen LogP contribution in [0.15, 0.2) is 47.4 Å². The third kappa shape index (κ3) is 5.60. The van der Waals surface area contributed by atoms with E-state index in [4.69, 9.17) is 26.7 Å². The number of hydrogen-bond acceptors (Lipinski definition) is 8. The first kappa shape index (κ1) is 25.6. The van der Waals surface area contributed by atoms with Gasteiger partial charge in [-0.2, -0.15) is 15.3 Å². The Bertz CT molecular complexity index is 1390. The fourth-order valence-corrected chi connectivity index (χ4v) is 5.67. The zero-order valence-electron chi connectivity index (χ0n) is 21.5. The van der Waals surface area contributed by atoms with Crippen molar-refractivity contribution in [2.75, 3.05) is 18.5 Å². The van der Waals surface area contributed by atoms with Crippen LogP contribution in [-0.2, 0) is 6.54 Å². The highest BCUT2D eigenvalue weighted by Gasteiger charge is 2.40. The van der Waals surface area contributed by atoms with E-state index in [1.54, 1.807) is 23.9 Å². The number of piperidine rings is 1. The Hall–Kier alpha value is -4.04. The number of aryl methyl sites for hydroxylation is 1. The number of benzene rings is 1. The molecule has 0 aliphatic carbocycles. The number of nitriles is 1. The van der Waals surface area contributed by atoms with Crippen molar-refractivity contribution in [2.24, 2.45) is 16.5 Å². The quantitative estimate of drug-likeness (QED) is 0.288. The number of aliphatic imine (C=N–C) groups is 1. The van der Waals surface area contributed by atoms with Gasteiger partial charge in [0.2, 0.25) is 5.95 Å². The molecule has 1 aromatic carbocycles. The molecule has 0 radical (unpaired) electrons. The molecule has 1 unspecified atom stereocenters. The van der Waals surface area contributed by atoms with Crippen molar-refractivity contribution in [3.63, 3.8) is 0 Å². The summed E-state index contributed by atoms with van der Waals surface area (Å²) in [6.07, 6.45) is 9.98. The number of hydrogen-bond donors (Lipinski definition) is 3. The minimum atomic E-state index is -0.473. The lowest BCUT2D eigenvalue weighted by molar-refractivity contribution is 0.135. The minimum Gasteiger partial charge on any atom is -0.402 e. The van der Waals surface area contributed by atoms with E-state index in [0.717, 1.165) is 48.7 Å². The van der Waals surface area contributed by atoms with Crippen LogP contribution in [0.4, 0.5) is 16.2 Å². The summed E-state index contributed by atoms with van der Waals surface area (Å²) < 4.78 is 14.3. The molecule has 198 valence electrons. The van der Waals surface area contributed by atoms with Crippen LogP contribution < -0.4 is 16.8 Å². The van der Waals surface area contributed by atoms with Crippen LogP contribution in [0, 0.1) is 11.3 Å². The summed E-state index contributed by atoms with van der Waals surface area (Å²) in [7, 11) is 0. The number of allylic oxidation sites excluding steroid dienone is 1. The first-order valence-corrected chi connectivity index (χ1v) is 13.0. The van der Waals surface area contributed by atoms with Crippen molar-refractivity contribution in [3.8, 4) is 17.2 Å². The van der Waals surface area contributed by atoms with Gasteiger partial charge in [0, 0.05) is 53.9 Å². The Morgan fingerprint density at radius 2 is 2.00 bits per heavy atom. The summed E-state index contributed by atoms with van der Waals surface area (Å²) in [4.78, 5) is 16.6. The highest BCUT2D eigenvalue weighted by atomic mass is 19.1. The lowest BCUT2D eigenvalue weighted by Crippen LogP contribution is -2.47. The zero-order chi connectivity index (χ0) is 26.6. The molecular formula is C27H33FN10. The summed E-state index contributed by atoms with van der Waals surface area (Å²) in [5, 5.41) is 17.6. The Morgan fingerprint density at radius 3 is 2.71 bits per heavy atom. The van der Waals surface area contributed by atoms with E-state index in [9.17, 15) is 4.39 Å². The number of aromatic nitrogens is 4. The van der Waals surface area contributed by atoms with E-state index in [0.29, 0.717) is 41.5 Å². The zero-order valence-corrected chi connectivity index (χ0v) is 21.5. The van der Waals surface area contributed by atoms with Crippen LogP contribution in [0.3, 0.4) is 0 Å². The minimum absolute atomic E-state index is 0.216. The normalized spacial score (nSPS) is 22.1. The molecule has 4 heterocycles. The predicted octanol–water partition coefficient (Wildman–Crippen LogP) is 3.63. The lowest BCUT2D eigenvalue weighted by Gasteiger charge is -2.38. The fourth-order valence-electron chi connectivity index (χ4n) is 5.67. The Balaban J connectivity index is 1.47. The smallest absolute Gasteiger partial charge is 0.225 e. The van der Waals surface area contributed by atoms with Crippen LogP contribution >= 0.6 is 0 Å². The average Bonchev–Trinajstić information content (AvgIpc) is 3.43. The number of nitrogens with zero attached hydrogens (tertiary/aromatic N) is 7. The first-order chi connectivity index (χ1) is 18.4. The average molecular weight is 517 g/mol. The second-order valence-electron chi connectivity index (χ2n) is 10.1. The largest absolute Gasteiger partial charge is 0.402 e. The summed E-state index contributed by atoms with van der Waals surface area (Å²) in [5.74, 6) is 1.22. The molecule has 0 amide bonds. The van der Waals surface area contributed by atoms with Gasteiger partial charge in [-0.25, -0.2) is 14.4 Å². The number of nitrogens with one attached hydrogen (secondary N) is 1. The number of amidine groups is 1. The second kappa shape index (κ2) is 11.1. The number of nitrogens with two attached hydrogens (primary N) is 2. The standard InChI is InChI=1S/C27H33FN10/c1-17(30)11-25(31)35-26-23-6-3-18(19-15-32-37(16-19)10-7-28)12-24(23)34-27(36-26)33-20-13-21-4-5-22(14-20)38(21)9-2-8-29/h3,6,11-12,15-16,20-22H,2,4-5,7,9-10,13-14,30H2,1H3,(H3,31,33,34,35,36)/b17-11-/t20?,21-,22+. The maximum atomic E-state index is 12.8. The Labute approximate surface area is 221 Å². The molecule has 2 aliphatic heterocycles. The molecule has 3 aromatic rings. The number of rotatable bonds is 9. The van der Waals surface area contributed by atoms with Crippen LogP contribution in [0.5, 0.6) is 0 Å². The second-order valence-corrected chi connectivity index (χ2v) is 10.1. The third-order valence-electron chi connectivity index (χ3n) is 7.27. The molecule has 5 rings (SSSR count). The van der Waals surface area contributed by atoms with Gasteiger partial charge in [0.1, 0.15) is 12.5 Å². The first-order valence-electron chi connectivity index (χ1n) is 13.0. The maximum Gasteiger partial charge on any atom is 0.225 e. The molecule has 2 aliphatic rings. The van der Waals surface area contributed by atoms with E-state index in [2.05, 4.69) is 26.4 Å². The predicted molar refractivity (Wildman–Crippen MR) is 146 cm³/mol. The van der Waals surface area contributed by atoms with Crippen molar-refractivity contribution in [1.82, 2.24) is 24.6 Å². The number of anilines is 1. The molecular weight excluding hydrogens is 483 g/mol. The molecule has 3 atom stereocenters. The fraction of sp³-hybridized carbons (Fsp3) is 0.444. The van der Waals surface area contributed by atoms with Crippen LogP contribution in [0.1, 0.15) is 39.0 Å². The van der Waals surface area contributed by atoms with Gasteiger partial charge in [0.25, 0.3) is 0 Å². The molecule has 11 heteroatoms. The lowest BCUT2D eigenvalue weighted by atomic mass is 9.97. The van der Waals surface area contributed by atoms with Gasteiger partial charge in [-0.3, -0.25) is 9.58 Å². The van der Waals surface area contributed by atoms with Crippen molar-refractivity contribution < 1.29 is 4.39 Å². The van der Waals surface area contributed by atoms with Gasteiger partial charge in [-0.1, -0.05) is 6.07 Å². The van der Waals surface area contributed by atoms with Gasteiger partial charge in [0.15, 0.2) is 5.82 Å². The van der Waals surface area contributed by atoms with Crippen LogP contribution in [-0.4, -0.2) is 61.8 Å². The van der Waals surface area contributed by atoms with Crippen molar-refractivity contribution in [3.05, 3.63) is 42.4 Å². The summed E-state index contributed by atoms with van der Waals surface area (Å²) in [6.45, 7) is 2.33. The molecule has 10 nitrogen and oxygen atoms in total. The van der Waals surface area contributed by atoms with Crippen molar-refractivity contribution in [2.45, 2.75) is 63.7 Å². The van der Waals surface area contributed by atoms with Crippen LogP contribution in [0.2, 0.25) is 0 Å². The summed E-state index contributed by atoms with van der Waals surface area (Å²) in [5.41, 5.74) is 15.0. The van der Waals surface area contributed by atoms with Crippen LogP contribution in [0.25, 0.3) is 22.0 Å². The SMILES string of the molecule is C/C(N)=C/C(N)=Nc1nc(NC2C[C@H]3CC[C@@H](C2)N3CCC#N)nc2cc(-c3cnn(CCF)c3)ccc12. The Kier molecular flexibility index (Phi) is 7.51. The van der Waals surface area contributed by atoms with Gasteiger partial charge in [-0.15, -0.1) is 0 Å². The van der Waals surface area contributed by atoms with Gasteiger partial charge in [0.05, 0.1) is 24.3 Å². The summed E-state index contributed by atoms with van der Waals surface area (Å²) >= 11 is 0. The number of alkyl halides is 1. The van der Waals surface area contributed by atoms with Crippen molar-refractivity contribution in [1.29, 1.82) is 5.26 Å². The molecule has 0 saturated carbocycles. The third-order valence-corrected chi connectivity index (χ3v) is 7.27. The van der Waals surface area contributed by atoms with E-state index >= 15 is 0 Å². The molecule has 5 N–H and O–H groups in total. The monoisotopic (exact) mass is 516 g/mol. The van der Waals surface area contributed by atoms with Crippen molar-refractivity contribution >= 4 is 28.5 Å². The van der Waals surface area contributed by atoms with Gasteiger partial charge >= 0.3 is 0 Å². The van der Waals surface area contributed by atoms with E-state index in [1.807, 2.05) is 24.4 Å². The summed E-state index contributed by atoms with van der Waals surface area (Å²) in [6, 6.07) is 9.27. The van der Waals surface area contributed by atoms with Gasteiger partial charge < -0.3 is 16.8 Å². The molecule has 2 bridgehead atoms. The molecule has 38 heavy (non-hydrogen) atoms. The van der Waals surface area contributed by atoms with E-state index < -0.39 is 6.67 Å². The Morgan fingerprint density at radius 1 is 1.21 bits per heavy atom. The molecule has 2 fully saturated rings. The number of halogens is 1. The van der Waals surface area contributed by atoms with E-state index in [1.165, 1.54) is 0 Å². The maximum absolute atomic E-state index is 12.8. The molecule has 2 aromatic heterocycles. The van der Waals surface area contributed by atoms with Gasteiger partial charge in [-0.05, 0) is 56.4 Å². The molecule has 2 saturated heterocycles. The molecule has 0 spiro atoms. The number of fused-ring (bicyclic) bond motifs is 3. The topological polar surface area (TPSA) is 147 Å². The highest BCUT2D eigenvalue weighted by molar-refractivity contribution is 5.98. The van der Waals surface area contributed by atoms with E-state index in [-0.39, 0.29) is 18.4 Å². The highest BCUT2D eigenvalue weighted by Crippen LogP contribution is 2.37.